The van der Waals surface area contributed by atoms with Crippen molar-refractivity contribution in [2.45, 2.75) is 39.0 Å². The van der Waals surface area contributed by atoms with Gasteiger partial charge in [-0.3, -0.25) is 11.3 Å². The SMILES string of the molecule is CCCCCCc1[c-]sc(Br)c1.[Br-].[Mg+2]. The van der Waals surface area contributed by atoms with Crippen molar-refractivity contribution in [3.63, 3.8) is 0 Å². The van der Waals surface area contributed by atoms with Gasteiger partial charge in [0.1, 0.15) is 0 Å². The molecule has 0 nitrogen and oxygen atoms in total. The normalized spacial score (nSPS) is 9.00. The summed E-state index contributed by atoms with van der Waals surface area (Å²) in [6.07, 6.45) is 6.55. The zero-order valence-electron chi connectivity index (χ0n) is 8.48. The first kappa shape index (κ1) is 17.8. The largest absolute Gasteiger partial charge is 2.00 e. The fraction of sp³-hybridized carbons (Fsp3) is 0.600. The summed E-state index contributed by atoms with van der Waals surface area (Å²) in [6, 6.07) is 2.18. The predicted molar refractivity (Wildman–Crippen MR) is 64.5 cm³/mol. The topological polar surface area (TPSA) is 0 Å². The number of hydrogen-bond donors (Lipinski definition) is 0. The maximum absolute atomic E-state index is 3.44. The minimum Gasteiger partial charge on any atom is -1.00 e. The second kappa shape index (κ2) is 10.9. The molecular weight excluding hydrogens is 336 g/mol. The summed E-state index contributed by atoms with van der Waals surface area (Å²) in [6.45, 7) is 2.24. The van der Waals surface area contributed by atoms with Gasteiger partial charge in [0.25, 0.3) is 0 Å². The molecule has 0 spiro atoms. The molecule has 76 valence electrons. The third-order valence-electron chi connectivity index (χ3n) is 1.87. The second-order valence-corrected chi connectivity index (χ2v) is 5.22. The van der Waals surface area contributed by atoms with Crippen LogP contribution in [0.15, 0.2) is 9.85 Å². The van der Waals surface area contributed by atoms with Gasteiger partial charge in [-0.1, -0.05) is 42.8 Å². The van der Waals surface area contributed by atoms with Gasteiger partial charge in [-0.05, 0) is 0 Å². The van der Waals surface area contributed by atoms with Crippen molar-refractivity contribution in [3.8, 4) is 0 Å². The molecule has 0 aliphatic heterocycles. The van der Waals surface area contributed by atoms with E-state index in [-0.39, 0.29) is 40.0 Å². The molecule has 1 rings (SSSR count). The molecule has 4 heteroatoms. The van der Waals surface area contributed by atoms with E-state index in [4.69, 9.17) is 0 Å². The van der Waals surface area contributed by atoms with Crippen molar-refractivity contribution >= 4 is 50.3 Å². The summed E-state index contributed by atoms with van der Waals surface area (Å²) in [4.78, 5) is 0. The van der Waals surface area contributed by atoms with E-state index in [1.54, 1.807) is 11.3 Å². The summed E-state index contributed by atoms with van der Waals surface area (Å²) in [5, 5.41) is 3.28. The third kappa shape index (κ3) is 7.68. The van der Waals surface area contributed by atoms with Gasteiger partial charge in [-0.15, -0.1) is 21.3 Å². The van der Waals surface area contributed by atoms with E-state index in [1.165, 1.54) is 41.5 Å². The van der Waals surface area contributed by atoms with E-state index in [9.17, 15) is 0 Å². The first-order valence-electron chi connectivity index (χ1n) is 4.49. The Hall–Kier alpha value is 1.43. The van der Waals surface area contributed by atoms with Crippen LogP contribution in [0.1, 0.15) is 38.2 Å². The zero-order valence-corrected chi connectivity index (χ0v) is 13.9. The van der Waals surface area contributed by atoms with Crippen molar-refractivity contribution < 1.29 is 17.0 Å². The van der Waals surface area contributed by atoms with Crippen LogP contribution in [0.25, 0.3) is 0 Å². The van der Waals surface area contributed by atoms with Gasteiger partial charge >= 0.3 is 23.1 Å². The molecule has 14 heavy (non-hydrogen) atoms. The Kier molecular flexibility index (Phi) is 13.9. The fourth-order valence-corrected chi connectivity index (χ4v) is 2.29. The molecule has 0 aliphatic carbocycles. The predicted octanol–water partition coefficient (Wildman–Crippen LogP) is 1.06. The smallest absolute Gasteiger partial charge is 1.00 e. The Morgan fingerprint density at radius 2 is 2.07 bits per heavy atom. The molecule has 0 unspecified atom stereocenters. The summed E-state index contributed by atoms with van der Waals surface area (Å²) in [7, 11) is 0. The van der Waals surface area contributed by atoms with Crippen molar-refractivity contribution in [2.75, 3.05) is 0 Å². The van der Waals surface area contributed by atoms with Crippen LogP contribution < -0.4 is 17.0 Å². The van der Waals surface area contributed by atoms with Gasteiger partial charge < -0.3 is 17.0 Å². The standard InChI is InChI=1S/C10H14BrS.BrH.Mg/c1-2-3-4-5-6-9-7-10(11)12-8-9;;/h7H,2-6H2,1H3;1H;/q-1;;+2/p-1. The minimum atomic E-state index is 0. The third-order valence-corrected chi connectivity index (χ3v) is 3.26. The van der Waals surface area contributed by atoms with Crippen LogP contribution in [-0.2, 0) is 6.42 Å². The van der Waals surface area contributed by atoms with Crippen LogP contribution >= 0.6 is 27.3 Å². The van der Waals surface area contributed by atoms with Gasteiger partial charge in [0.15, 0.2) is 0 Å². The molecule has 0 saturated carbocycles. The first-order chi connectivity index (χ1) is 5.83. The van der Waals surface area contributed by atoms with Gasteiger partial charge in [0.2, 0.25) is 0 Å². The Labute approximate surface area is 126 Å². The van der Waals surface area contributed by atoms with Crippen LogP contribution in [0.4, 0.5) is 0 Å². The Bertz CT molecular complexity index is 226. The summed E-state index contributed by atoms with van der Waals surface area (Å²) in [5.41, 5.74) is 1.36. The molecule has 1 aromatic rings. The molecular formula is C10H14Br2MgS. The van der Waals surface area contributed by atoms with E-state index in [2.05, 4.69) is 34.3 Å². The minimum absolute atomic E-state index is 0. The molecule has 0 saturated heterocycles. The van der Waals surface area contributed by atoms with Crippen LogP contribution in [0, 0.1) is 5.38 Å². The summed E-state index contributed by atoms with van der Waals surface area (Å²) >= 11 is 5.10. The molecule has 0 N–H and O–H groups in total. The maximum atomic E-state index is 3.44. The van der Waals surface area contributed by atoms with Gasteiger partial charge in [-0.2, -0.15) is 11.6 Å². The van der Waals surface area contributed by atoms with Crippen molar-refractivity contribution in [1.29, 1.82) is 0 Å². The van der Waals surface area contributed by atoms with E-state index in [1.807, 2.05) is 0 Å². The van der Waals surface area contributed by atoms with Crippen LogP contribution in [0.2, 0.25) is 0 Å². The van der Waals surface area contributed by atoms with Gasteiger partial charge in [0.05, 0.1) is 0 Å². The molecule has 0 bridgehead atoms. The summed E-state index contributed by atoms with van der Waals surface area (Å²) < 4.78 is 1.20. The Morgan fingerprint density at radius 1 is 1.36 bits per heavy atom. The van der Waals surface area contributed by atoms with Crippen LogP contribution in [0.3, 0.4) is 0 Å². The number of rotatable bonds is 5. The number of aryl methyl sites for hydroxylation is 1. The van der Waals surface area contributed by atoms with E-state index < -0.39 is 0 Å². The molecule has 0 aromatic carbocycles. The molecule has 0 atom stereocenters. The van der Waals surface area contributed by atoms with E-state index >= 15 is 0 Å². The quantitative estimate of drug-likeness (QED) is 0.423. The number of hydrogen-bond acceptors (Lipinski definition) is 1. The van der Waals surface area contributed by atoms with Crippen molar-refractivity contribution in [3.05, 3.63) is 20.8 Å². The average Bonchev–Trinajstić information content (AvgIpc) is 2.45. The molecule has 1 aromatic heterocycles. The molecule has 0 radical (unpaired) electrons. The maximum Gasteiger partial charge on any atom is 2.00 e. The fourth-order valence-electron chi connectivity index (χ4n) is 1.18. The van der Waals surface area contributed by atoms with Gasteiger partial charge in [0, 0.05) is 0 Å². The van der Waals surface area contributed by atoms with E-state index in [0.29, 0.717) is 0 Å². The van der Waals surface area contributed by atoms with Crippen LogP contribution in [0.5, 0.6) is 0 Å². The number of thiophene rings is 1. The molecule has 0 fully saturated rings. The number of unbranched alkanes of at least 4 members (excludes halogenated alkanes) is 3. The van der Waals surface area contributed by atoms with Crippen molar-refractivity contribution in [1.82, 2.24) is 0 Å². The number of halogens is 2. The monoisotopic (exact) mass is 348 g/mol. The summed E-state index contributed by atoms with van der Waals surface area (Å²) in [5.74, 6) is 0. The van der Waals surface area contributed by atoms with Crippen molar-refractivity contribution in [2.24, 2.45) is 0 Å². The van der Waals surface area contributed by atoms with E-state index in [0.717, 1.165) is 0 Å². The van der Waals surface area contributed by atoms with Crippen LogP contribution in [-0.4, -0.2) is 23.1 Å². The molecule has 1 heterocycles. The first-order valence-corrected chi connectivity index (χ1v) is 6.09. The van der Waals surface area contributed by atoms with Gasteiger partial charge in [-0.25, -0.2) is 0 Å². The average molecular weight is 350 g/mol. The second-order valence-electron chi connectivity index (χ2n) is 2.99. The Balaban J connectivity index is 0. The Morgan fingerprint density at radius 3 is 2.57 bits per heavy atom. The molecule has 0 aliphatic rings. The molecule has 0 amide bonds. The zero-order chi connectivity index (χ0) is 8.81.